The van der Waals surface area contributed by atoms with Gasteiger partial charge in [0.05, 0.1) is 17.6 Å². The second kappa shape index (κ2) is 5.35. The van der Waals surface area contributed by atoms with Gasteiger partial charge in [0.25, 0.3) is 5.91 Å². The molecule has 4 aromatic rings. The first-order chi connectivity index (χ1) is 11.5. The van der Waals surface area contributed by atoms with Crippen molar-refractivity contribution in [1.82, 2.24) is 14.8 Å². The molecule has 7 heteroatoms. The smallest absolute Gasteiger partial charge is 0.291 e. The van der Waals surface area contributed by atoms with E-state index in [-0.39, 0.29) is 11.7 Å². The maximum atomic E-state index is 12.4. The molecule has 3 aromatic heterocycles. The molecule has 0 aliphatic rings. The van der Waals surface area contributed by atoms with Gasteiger partial charge in [-0.05, 0) is 37.3 Å². The highest BCUT2D eigenvalue weighted by molar-refractivity contribution is 6.31. The summed E-state index contributed by atoms with van der Waals surface area (Å²) < 4.78 is 7.27. The number of nitrogens with one attached hydrogen (secondary N) is 1. The highest BCUT2D eigenvalue weighted by atomic mass is 35.5. The number of carbonyl (C=O) groups excluding carboxylic acids is 1. The average molecular weight is 341 g/mol. The molecule has 6 nitrogen and oxygen atoms in total. The fraction of sp³-hybridized carbons (Fsp3) is 0.118. The number of halogens is 1. The molecule has 0 aliphatic heterocycles. The summed E-state index contributed by atoms with van der Waals surface area (Å²) >= 11 is 5.95. The molecule has 1 amide bonds. The second-order valence-corrected chi connectivity index (χ2v) is 5.99. The molecule has 3 heterocycles. The lowest BCUT2D eigenvalue weighted by molar-refractivity contribution is 0.0998. The summed E-state index contributed by atoms with van der Waals surface area (Å²) in [5.41, 5.74) is 2.82. The predicted octanol–water partition coefficient (Wildman–Crippen LogP) is 3.93. The van der Waals surface area contributed by atoms with E-state index in [0.717, 1.165) is 22.1 Å². The number of nitrogens with zero attached hydrogens (tertiary/aromatic N) is 3. The Morgan fingerprint density at radius 3 is 2.96 bits per heavy atom. The van der Waals surface area contributed by atoms with E-state index in [2.05, 4.69) is 15.4 Å². The van der Waals surface area contributed by atoms with Crippen molar-refractivity contribution in [2.24, 2.45) is 7.05 Å². The van der Waals surface area contributed by atoms with Crippen molar-refractivity contribution in [3.63, 3.8) is 0 Å². The number of aryl methyl sites for hydroxylation is 2. The standard InChI is InChI=1S/C17H13ClN4O2/c1-9-13-7-12(8-19-16(13)22(2)21-9)20-17(23)15-6-10-5-11(18)3-4-14(10)24-15/h3-8H,1-2H3,(H,20,23). The van der Waals surface area contributed by atoms with E-state index in [4.69, 9.17) is 16.0 Å². The molecule has 0 spiro atoms. The van der Waals surface area contributed by atoms with Crippen molar-refractivity contribution in [2.45, 2.75) is 6.92 Å². The Morgan fingerprint density at radius 1 is 1.29 bits per heavy atom. The van der Waals surface area contributed by atoms with Gasteiger partial charge < -0.3 is 9.73 Å². The minimum Gasteiger partial charge on any atom is -0.451 e. The van der Waals surface area contributed by atoms with E-state index in [0.29, 0.717) is 16.3 Å². The number of benzene rings is 1. The Morgan fingerprint density at radius 2 is 2.12 bits per heavy atom. The topological polar surface area (TPSA) is 73.0 Å². The molecule has 0 saturated heterocycles. The highest BCUT2D eigenvalue weighted by Crippen LogP contribution is 2.24. The normalized spacial score (nSPS) is 11.3. The number of rotatable bonds is 2. The molecule has 0 fully saturated rings. The van der Waals surface area contributed by atoms with E-state index in [9.17, 15) is 4.79 Å². The third-order valence-corrected chi connectivity index (χ3v) is 4.06. The molecule has 0 atom stereocenters. The van der Waals surface area contributed by atoms with Crippen molar-refractivity contribution >= 4 is 45.2 Å². The van der Waals surface area contributed by atoms with Crippen molar-refractivity contribution < 1.29 is 9.21 Å². The summed E-state index contributed by atoms with van der Waals surface area (Å²) in [6, 6.07) is 8.73. The van der Waals surface area contributed by atoms with Crippen molar-refractivity contribution in [1.29, 1.82) is 0 Å². The fourth-order valence-corrected chi connectivity index (χ4v) is 2.88. The molecule has 1 N–H and O–H groups in total. The van der Waals surface area contributed by atoms with Gasteiger partial charge in [-0.1, -0.05) is 11.6 Å². The van der Waals surface area contributed by atoms with Gasteiger partial charge in [-0.3, -0.25) is 9.48 Å². The lowest BCUT2D eigenvalue weighted by Crippen LogP contribution is -2.11. The summed E-state index contributed by atoms with van der Waals surface area (Å²) in [4.78, 5) is 16.7. The summed E-state index contributed by atoms with van der Waals surface area (Å²) in [5.74, 6) is -0.125. The number of fused-ring (bicyclic) bond motifs is 2. The van der Waals surface area contributed by atoms with Gasteiger partial charge in [0.1, 0.15) is 5.58 Å². The van der Waals surface area contributed by atoms with Crippen molar-refractivity contribution in [3.05, 3.63) is 53.0 Å². The van der Waals surface area contributed by atoms with Crippen molar-refractivity contribution in [2.75, 3.05) is 5.32 Å². The van der Waals surface area contributed by atoms with Crippen LogP contribution in [0.4, 0.5) is 5.69 Å². The van der Waals surface area contributed by atoms with Gasteiger partial charge in [0, 0.05) is 22.8 Å². The lowest BCUT2D eigenvalue weighted by atomic mass is 10.2. The van der Waals surface area contributed by atoms with Crippen LogP contribution in [0.15, 0.2) is 40.9 Å². The Bertz CT molecular complexity index is 1100. The Labute approximate surface area is 142 Å². The average Bonchev–Trinajstić information content (AvgIpc) is 3.08. The molecular weight excluding hydrogens is 328 g/mol. The van der Waals surface area contributed by atoms with E-state index in [1.165, 1.54) is 0 Å². The van der Waals surface area contributed by atoms with Gasteiger partial charge in [0.2, 0.25) is 0 Å². The molecule has 120 valence electrons. The molecule has 0 bridgehead atoms. The first kappa shape index (κ1) is 14.7. The maximum absolute atomic E-state index is 12.4. The summed E-state index contributed by atoms with van der Waals surface area (Å²) in [6.45, 7) is 1.90. The van der Waals surface area contributed by atoms with E-state index >= 15 is 0 Å². The number of hydrogen-bond donors (Lipinski definition) is 1. The summed E-state index contributed by atoms with van der Waals surface area (Å²) in [7, 11) is 1.83. The zero-order chi connectivity index (χ0) is 16.8. The number of hydrogen-bond acceptors (Lipinski definition) is 4. The number of furan rings is 1. The predicted molar refractivity (Wildman–Crippen MR) is 92.4 cm³/mol. The zero-order valence-electron chi connectivity index (χ0n) is 13.0. The highest BCUT2D eigenvalue weighted by Gasteiger charge is 2.14. The lowest BCUT2D eigenvalue weighted by Gasteiger charge is -2.03. The quantitative estimate of drug-likeness (QED) is 0.600. The number of amides is 1. The van der Waals surface area contributed by atoms with Crippen LogP contribution in [0, 0.1) is 6.92 Å². The van der Waals surface area contributed by atoms with Crippen LogP contribution in [0.3, 0.4) is 0 Å². The van der Waals surface area contributed by atoms with Crippen LogP contribution in [0.25, 0.3) is 22.0 Å². The minimum atomic E-state index is -0.343. The van der Waals surface area contributed by atoms with Gasteiger partial charge in [-0.25, -0.2) is 4.98 Å². The Hall–Kier alpha value is -2.86. The first-order valence-electron chi connectivity index (χ1n) is 7.31. The van der Waals surface area contributed by atoms with Crippen LogP contribution in [0.2, 0.25) is 5.02 Å². The fourth-order valence-electron chi connectivity index (χ4n) is 2.70. The molecule has 24 heavy (non-hydrogen) atoms. The van der Waals surface area contributed by atoms with Crippen LogP contribution < -0.4 is 5.32 Å². The van der Waals surface area contributed by atoms with Crippen LogP contribution in [0.1, 0.15) is 16.2 Å². The molecule has 0 saturated carbocycles. The van der Waals surface area contributed by atoms with Gasteiger partial charge in [-0.15, -0.1) is 0 Å². The molecule has 0 radical (unpaired) electrons. The number of pyridine rings is 1. The van der Waals surface area contributed by atoms with Gasteiger partial charge in [0.15, 0.2) is 11.4 Å². The van der Waals surface area contributed by atoms with E-state index in [1.807, 2.05) is 20.0 Å². The Kier molecular flexibility index (Phi) is 3.28. The molecular formula is C17H13ClN4O2. The SMILES string of the molecule is Cc1nn(C)c2ncc(NC(=O)c3cc4cc(Cl)ccc4o3)cc12. The third kappa shape index (κ3) is 2.41. The third-order valence-electron chi connectivity index (χ3n) is 3.82. The Balaban J connectivity index is 1.66. The van der Waals surface area contributed by atoms with Crippen LogP contribution >= 0.6 is 11.6 Å². The minimum absolute atomic E-state index is 0.218. The monoisotopic (exact) mass is 340 g/mol. The summed E-state index contributed by atoms with van der Waals surface area (Å²) in [6.07, 6.45) is 1.60. The maximum Gasteiger partial charge on any atom is 0.291 e. The van der Waals surface area contributed by atoms with Crippen LogP contribution in [0.5, 0.6) is 0 Å². The number of aromatic nitrogens is 3. The van der Waals surface area contributed by atoms with Gasteiger partial charge in [-0.2, -0.15) is 5.10 Å². The van der Waals surface area contributed by atoms with Crippen LogP contribution in [-0.4, -0.2) is 20.7 Å². The van der Waals surface area contributed by atoms with Crippen LogP contribution in [-0.2, 0) is 7.05 Å². The molecule has 1 aromatic carbocycles. The largest absolute Gasteiger partial charge is 0.451 e. The molecule has 0 unspecified atom stereocenters. The first-order valence-corrected chi connectivity index (χ1v) is 7.69. The van der Waals surface area contributed by atoms with E-state index in [1.54, 1.807) is 35.1 Å². The molecule has 0 aliphatic carbocycles. The molecule has 4 rings (SSSR count). The van der Waals surface area contributed by atoms with Gasteiger partial charge >= 0.3 is 0 Å². The zero-order valence-corrected chi connectivity index (χ0v) is 13.8. The van der Waals surface area contributed by atoms with Crippen molar-refractivity contribution in [3.8, 4) is 0 Å². The summed E-state index contributed by atoms with van der Waals surface area (Å²) in [5, 5.41) is 9.38. The van der Waals surface area contributed by atoms with E-state index < -0.39 is 0 Å². The second-order valence-electron chi connectivity index (χ2n) is 5.55. The number of carbonyl (C=O) groups is 1. The number of anilines is 1.